The third-order valence-corrected chi connectivity index (χ3v) is 9.87. The van der Waals surface area contributed by atoms with Crippen molar-refractivity contribution in [3.63, 3.8) is 0 Å². The number of nitrogens with two attached hydrogens (primary N) is 1. The number of aromatic hydroxyl groups is 1. The number of methoxy groups -OCH3 is 1. The van der Waals surface area contributed by atoms with Crippen LogP contribution in [0.25, 0.3) is 0 Å². The van der Waals surface area contributed by atoms with Crippen molar-refractivity contribution in [2.75, 3.05) is 39.7 Å². The van der Waals surface area contributed by atoms with Crippen molar-refractivity contribution in [3.05, 3.63) is 59.2 Å². The van der Waals surface area contributed by atoms with Gasteiger partial charge >= 0.3 is 0 Å². The summed E-state index contributed by atoms with van der Waals surface area (Å²) in [5.41, 5.74) is 9.93. The summed E-state index contributed by atoms with van der Waals surface area (Å²) in [6, 6.07) is 14.6. The average Bonchev–Trinajstić information content (AvgIpc) is 2.90. The molecule has 0 radical (unpaired) electrons. The van der Waals surface area contributed by atoms with E-state index in [1.165, 1.54) is 5.56 Å². The normalized spacial score (nSPS) is 16.3. The van der Waals surface area contributed by atoms with Crippen LogP contribution in [-0.4, -0.2) is 56.1 Å². The van der Waals surface area contributed by atoms with Crippen LogP contribution in [0.3, 0.4) is 0 Å². The zero-order valence-electron chi connectivity index (χ0n) is 23.5. The Morgan fingerprint density at radius 2 is 1.81 bits per heavy atom. The van der Waals surface area contributed by atoms with Gasteiger partial charge < -0.3 is 25.2 Å². The summed E-state index contributed by atoms with van der Waals surface area (Å²) in [5, 5.41) is 10.8. The highest BCUT2D eigenvalue weighted by molar-refractivity contribution is 7.38. The van der Waals surface area contributed by atoms with Crippen LogP contribution in [0.15, 0.2) is 42.5 Å². The number of rotatable bonds is 16. The molecule has 202 valence electrons. The van der Waals surface area contributed by atoms with E-state index in [0.29, 0.717) is 39.4 Å². The third kappa shape index (κ3) is 8.18. The Hall–Kier alpha value is -1.65. The van der Waals surface area contributed by atoms with Gasteiger partial charge in [0.15, 0.2) is 0 Å². The van der Waals surface area contributed by atoms with E-state index in [4.69, 9.17) is 15.2 Å². The van der Waals surface area contributed by atoms with Crippen LogP contribution in [0.2, 0.25) is 0 Å². The number of hydrogen-bond acceptors (Lipinski definition) is 5. The predicted octanol–water partition coefficient (Wildman–Crippen LogP) is 6.55. The van der Waals surface area contributed by atoms with Gasteiger partial charge in [-0.05, 0) is 83.9 Å². The largest absolute Gasteiger partial charge is 0.505 e. The molecule has 0 bridgehead atoms. The van der Waals surface area contributed by atoms with Gasteiger partial charge in [-0.2, -0.15) is 0 Å². The molecule has 0 heterocycles. The van der Waals surface area contributed by atoms with Gasteiger partial charge in [0, 0.05) is 29.8 Å². The molecule has 6 heteroatoms. The lowest BCUT2D eigenvalue weighted by molar-refractivity contribution is -0.000449. The summed E-state index contributed by atoms with van der Waals surface area (Å²) in [6.45, 7) is 13.3. The van der Waals surface area contributed by atoms with Gasteiger partial charge in [-0.25, -0.2) is 0 Å². The Morgan fingerprint density at radius 3 is 2.42 bits per heavy atom. The lowest BCUT2D eigenvalue weighted by Gasteiger charge is -2.37. The summed E-state index contributed by atoms with van der Waals surface area (Å²) in [4.78, 5) is 2.46. The topological polar surface area (TPSA) is 68.0 Å². The van der Waals surface area contributed by atoms with Crippen LogP contribution in [0.1, 0.15) is 63.1 Å². The van der Waals surface area contributed by atoms with Gasteiger partial charge in [-0.15, -0.1) is 8.58 Å². The molecule has 0 spiro atoms. The van der Waals surface area contributed by atoms with Gasteiger partial charge in [-0.3, -0.25) is 0 Å². The zero-order chi connectivity index (χ0) is 26.7. The van der Waals surface area contributed by atoms with Crippen LogP contribution < -0.4 is 5.73 Å². The lowest BCUT2D eigenvalue weighted by atomic mass is 9.87. The maximum atomic E-state index is 10.9. The summed E-state index contributed by atoms with van der Waals surface area (Å²) in [6.07, 6.45) is 4.27. The first-order valence-corrected chi connectivity index (χ1v) is 14.8. The first-order valence-electron chi connectivity index (χ1n) is 13.3. The SMILES string of the molecule is CCC(CCN(C)C(C)CC[C@H](COCc1ccccc1)C(C)OC)(PC)c1c(C)ccc(N)c1O. The highest BCUT2D eigenvalue weighted by Crippen LogP contribution is 2.51. The predicted molar refractivity (Wildman–Crippen MR) is 155 cm³/mol. The molecule has 0 aliphatic rings. The monoisotopic (exact) mass is 516 g/mol. The van der Waals surface area contributed by atoms with Crippen molar-refractivity contribution in [3.8, 4) is 5.75 Å². The number of anilines is 1. The van der Waals surface area contributed by atoms with E-state index in [1.54, 1.807) is 7.11 Å². The first kappa shape index (κ1) is 30.6. The zero-order valence-corrected chi connectivity index (χ0v) is 24.5. The van der Waals surface area contributed by atoms with Crippen molar-refractivity contribution >= 4 is 14.3 Å². The number of ether oxygens (including phenoxy) is 2. The third-order valence-electron chi connectivity index (χ3n) is 8.06. The standard InChI is InChI=1S/C30H49N2O3P/c1-8-30(36-7,28-22(2)14-17-27(31)29(28)33)18-19-32(5)23(3)15-16-26(24(4)34-6)21-35-20-25-12-10-9-11-13-25/h9-14,17,23-24,26,33,36H,8,15-16,18-21,31H2,1-7H3/t23?,24?,26-,30?/m1/s1. The molecule has 5 atom stereocenters. The maximum absolute atomic E-state index is 10.9. The average molecular weight is 517 g/mol. The van der Waals surface area contributed by atoms with Gasteiger partial charge in [0.2, 0.25) is 0 Å². The maximum Gasteiger partial charge on any atom is 0.142 e. The molecule has 0 saturated carbocycles. The van der Waals surface area contributed by atoms with Gasteiger partial charge in [0.05, 0.1) is 25.0 Å². The van der Waals surface area contributed by atoms with Gasteiger partial charge in [0.1, 0.15) is 5.75 Å². The molecule has 36 heavy (non-hydrogen) atoms. The van der Waals surface area contributed by atoms with Crippen LogP contribution in [-0.2, 0) is 21.2 Å². The van der Waals surface area contributed by atoms with Crippen molar-refractivity contribution < 1.29 is 14.6 Å². The van der Waals surface area contributed by atoms with Crippen molar-refractivity contribution in [2.45, 2.75) is 77.3 Å². The Bertz CT molecular complexity index is 905. The smallest absolute Gasteiger partial charge is 0.142 e. The van der Waals surface area contributed by atoms with Crippen LogP contribution in [0.5, 0.6) is 5.75 Å². The van der Waals surface area contributed by atoms with Crippen LogP contribution >= 0.6 is 8.58 Å². The van der Waals surface area contributed by atoms with E-state index < -0.39 is 0 Å². The fraction of sp³-hybridized carbons (Fsp3) is 0.600. The molecule has 2 aromatic rings. The van der Waals surface area contributed by atoms with Gasteiger partial charge in [0.25, 0.3) is 0 Å². The van der Waals surface area contributed by atoms with Crippen molar-refractivity contribution in [1.82, 2.24) is 4.90 Å². The minimum absolute atomic E-state index is 0.0596. The van der Waals surface area contributed by atoms with E-state index in [2.05, 4.69) is 58.4 Å². The molecular weight excluding hydrogens is 467 g/mol. The number of benzene rings is 2. The van der Waals surface area contributed by atoms with E-state index in [0.717, 1.165) is 43.4 Å². The lowest BCUT2D eigenvalue weighted by Crippen LogP contribution is -2.35. The first-order chi connectivity index (χ1) is 17.2. The summed E-state index contributed by atoms with van der Waals surface area (Å²) < 4.78 is 11.8. The fourth-order valence-electron chi connectivity index (χ4n) is 5.03. The summed E-state index contributed by atoms with van der Waals surface area (Å²) >= 11 is 0. The molecule has 5 nitrogen and oxygen atoms in total. The molecule has 2 rings (SSSR count). The van der Waals surface area contributed by atoms with E-state index in [1.807, 2.05) is 30.3 Å². The van der Waals surface area contributed by atoms with E-state index >= 15 is 0 Å². The van der Waals surface area contributed by atoms with Crippen LogP contribution in [0.4, 0.5) is 5.69 Å². The number of aryl methyl sites for hydroxylation is 1. The highest BCUT2D eigenvalue weighted by Gasteiger charge is 2.34. The Morgan fingerprint density at radius 1 is 1.11 bits per heavy atom. The molecule has 0 saturated heterocycles. The molecule has 0 aliphatic carbocycles. The number of phenols is 1. The Kier molecular flexibility index (Phi) is 12.7. The highest BCUT2D eigenvalue weighted by atomic mass is 31.1. The number of nitrogen functional groups attached to an aromatic ring is 1. The van der Waals surface area contributed by atoms with E-state index in [9.17, 15) is 5.11 Å². The fourth-order valence-corrected chi connectivity index (χ4v) is 6.31. The van der Waals surface area contributed by atoms with Crippen molar-refractivity contribution in [2.24, 2.45) is 5.92 Å². The second-order valence-electron chi connectivity index (χ2n) is 10.2. The summed E-state index contributed by atoms with van der Waals surface area (Å²) in [7, 11) is 4.69. The minimum Gasteiger partial charge on any atom is -0.505 e. The molecular formula is C30H49N2O3P. The number of hydrogen-bond donors (Lipinski definition) is 2. The Balaban J connectivity index is 1.96. The second-order valence-corrected chi connectivity index (χ2v) is 11.7. The minimum atomic E-state index is -0.0596. The molecule has 0 aromatic heterocycles. The Labute approximate surface area is 221 Å². The second kappa shape index (κ2) is 14.9. The molecule has 4 unspecified atom stereocenters. The van der Waals surface area contributed by atoms with E-state index in [-0.39, 0.29) is 17.0 Å². The van der Waals surface area contributed by atoms with Gasteiger partial charge in [-0.1, -0.05) is 43.3 Å². The number of nitrogens with zero attached hydrogens (tertiary/aromatic N) is 1. The molecule has 0 aliphatic heterocycles. The molecule has 3 N–H and O–H groups in total. The quantitative estimate of drug-likeness (QED) is 0.150. The molecule has 2 aromatic carbocycles. The molecule has 0 fully saturated rings. The van der Waals surface area contributed by atoms with Crippen LogP contribution in [0, 0.1) is 12.8 Å². The summed E-state index contributed by atoms with van der Waals surface area (Å²) in [5.74, 6) is 0.627. The number of phenolic OH excluding ortho intramolecular Hbond substituents is 1. The van der Waals surface area contributed by atoms with Crippen molar-refractivity contribution in [1.29, 1.82) is 0 Å². The molecule has 0 amide bonds.